The number of benzene rings is 2. The normalized spacial score (nSPS) is 14.9. The number of aliphatic hydroxyl groups is 1. The summed E-state index contributed by atoms with van der Waals surface area (Å²) in [6, 6.07) is 11.7. The smallest absolute Gasteiger partial charge is 0.188 e. The van der Waals surface area contributed by atoms with Gasteiger partial charge >= 0.3 is 0 Å². The van der Waals surface area contributed by atoms with E-state index in [0.29, 0.717) is 11.7 Å². The first-order valence-electron chi connectivity index (χ1n) is 7.89. The Labute approximate surface area is 134 Å². The van der Waals surface area contributed by atoms with E-state index in [2.05, 4.69) is 0 Å². The molecule has 0 radical (unpaired) electrons. The molecule has 0 aromatic heterocycles. The summed E-state index contributed by atoms with van der Waals surface area (Å²) < 4.78 is 19.5. The second-order valence-electron chi connectivity index (χ2n) is 5.88. The molecule has 0 aliphatic heterocycles. The van der Waals surface area contributed by atoms with Crippen molar-refractivity contribution in [1.82, 2.24) is 0 Å². The molecular weight excluding hydrogens is 295 g/mol. The van der Waals surface area contributed by atoms with Gasteiger partial charge in [0, 0.05) is 5.56 Å². The number of halogens is 1. The van der Waals surface area contributed by atoms with E-state index in [0.717, 1.165) is 6.07 Å². The molecule has 0 heterocycles. The van der Waals surface area contributed by atoms with Crippen LogP contribution >= 0.6 is 0 Å². The van der Waals surface area contributed by atoms with Crippen LogP contribution in [0.2, 0.25) is 0 Å². The highest BCUT2D eigenvalue weighted by molar-refractivity contribution is 5.97. The highest BCUT2D eigenvalue weighted by Gasteiger charge is 2.17. The topological polar surface area (TPSA) is 46.5 Å². The van der Waals surface area contributed by atoms with Gasteiger partial charge in [0.05, 0.1) is 0 Å². The number of rotatable bonds is 5. The van der Waals surface area contributed by atoms with Crippen LogP contribution in [0, 0.1) is 5.82 Å². The van der Waals surface area contributed by atoms with Crippen LogP contribution in [0.3, 0.4) is 0 Å². The minimum absolute atomic E-state index is 0.0631. The third-order valence-corrected chi connectivity index (χ3v) is 4.33. The van der Waals surface area contributed by atoms with Crippen molar-refractivity contribution in [3.8, 4) is 11.5 Å². The molecule has 3 nitrogen and oxygen atoms in total. The molecule has 0 spiro atoms. The zero-order valence-electron chi connectivity index (χ0n) is 12.8. The van der Waals surface area contributed by atoms with E-state index in [1.54, 1.807) is 0 Å². The first kappa shape index (κ1) is 15.7. The van der Waals surface area contributed by atoms with E-state index in [1.165, 1.54) is 43.4 Å². The fourth-order valence-electron chi connectivity index (χ4n) is 3.04. The largest absolute Gasteiger partial charge is 0.454 e. The predicted molar refractivity (Wildman–Crippen MR) is 85.5 cm³/mol. The second-order valence-corrected chi connectivity index (χ2v) is 5.88. The van der Waals surface area contributed by atoms with Crippen molar-refractivity contribution in [2.75, 3.05) is 6.61 Å². The monoisotopic (exact) mass is 314 g/mol. The quantitative estimate of drug-likeness (QED) is 0.829. The maximum absolute atomic E-state index is 14.0. The number of ether oxygens (including phenoxy) is 1. The summed E-state index contributed by atoms with van der Waals surface area (Å²) in [4.78, 5) is 11.3. The maximum Gasteiger partial charge on any atom is 0.188 e. The number of hydrogen-bond acceptors (Lipinski definition) is 3. The van der Waals surface area contributed by atoms with Gasteiger partial charge in [-0.05, 0) is 54.7 Å². The van der Waals surface area contributed by atoms with Gasteiger partial charge in [0.2, 0.25) is 0 Å². The molecule has 1 aliphatic rings. The molecule has 120 valence electrons. The fourth-order valence-corrected chi connectivity index (χ4v) is 3.04. The summed E-state index contributed by atoms with van der Waals surface area (Å²) in [5.41, 5.74) is 1.44. The molecule has 1 fully saturated rings. The molecule has 0 unspecified atom stereocenters. The van der Waals surface area contributed by atoms with Crippen LogP contribution in [-0.4, -0.2) is 17.5 Å². The Morgan fingerprint density at radius 2 is 1.83 bits per heavy atom. The molecule has 0 bridgehead atoms. The van der Waals surface area contributed by atoms with E-state index in [1.807, 2.05) is 24.3 Å². The van der Waals surface area contributed by atoms with E-state index in [4.69, 9.17) is 9.84 Å². The van der Waals surface area contributed by atoms with Gasteiger partial charge in [-0.1, -0.05) is 25.0 Å². The van der Waals surface area contributed by atoms with Gasteiger partial charge in [-0.2, -0.15) is 0 Å². The summed E-state index contributed by atoms with van der Waals surface area (Å²) in [7, 11) is 0. The predicted octanol–water partition coefficient (Wildman–Crippen LogP) is 4.45. The van der Waals surface area contributed by atoms with Gasteiger partial charge in [-0.25, -0.2) is 4.39 Å². The second kappa shape index (κ2) is 6.92. The van der Waals surface area contributed by atoms with E-state index < -0.39 is 18.2 Å². The average Bonchev–Trinajstić information content (AvgIpc) is 3.11. The number of carbonyl (C=O) groups excluding carboxylic acids is 1. The standard InChI is InChI=1S/C19H19FO3/c20-17-11-15(18(22)12-21)7-10-19(17)23-16-8-5-14(6-9-16)13-3-1-2-4-13/h5-11,13,21H,1-4,12H2. The Hall–Kier alpha value is -2.20. The Balaban J connectivity index is 1.72. The van der Waals surface area contributed by atoms with Crippen LogP contribution in [0.1, 0.15) is 47.5 Å². The number of Topliss-reactive ketones (excluding diaryl/α,β-unsaturated/α-hetero) is 1. The van der Waals surface area contributed by atoms with Crippen LogP contribution < -0.4 is 4.74 Å². The van der Waals surface area contributed by atoms with Gasteiger partial charge in [-0.15, -0.1) is 0 Å². The number of aliphatic hydroxyl groups excluding tert-OH is 1. The van der Waals surface area contributed by atoms with Crippen molar-refractivity contribution in [1.29, 1.82) is 0 Å². The van der Waals surface area contributed by atoms with Gasteiger partial charge in [0.1, 0.15) is 12.4 Å². The van der Waals surface area contributed by atoms with Gasteiger partial charge in [0.15, 0.2) is 17.3 Å². The third kappa shape index (κ3) is 3.59. The average molecular weight is 314 g/mol. The Bertz CT molecular complexity index is 688. The lowest BCUT2D eigenvalue weighted by atomic mass is 9.98. The molecule has 23 heavy (non-hydrogen) atoms. The van der Waals surface area contributed by atoms with Crippen molar-refractivity contribution >= 4 is 5.78 Å². The van der Waals surface area contributed by atoms with Gasteiger partial charge in [0.25, 0.3) is 0 Å². The lowest BCUT2D eigenvalue weighted by Crippen LogP contribution is -2.04. The van der Waals surface area contributed by atoms with Gasteiger partial charge in [-0.3, -0.25) is 4.79 Å². The minimum Gasteiger partial charge on any atom is -0.454 e. The van der Waals surface area contributed by atoms with Crippen LogP contribution in [-0.2, 0) is 0 Å². The molecule has 0 atom stereocenters. The Kier molecular flexibility index (Phi) is 4.72. The molecular formula is C19H19FO3. The lowest BCUT2D eigenvalue weighted by molar-refractivity contribution is 0.0903. The molecule has 4 heteroatoms. The summed E-state index contributed by atoms with van der Waals surface area (Å²) in [5.74, 6) is 0.116. The van der Waals surface area contributed by atoms with Crippen molar-refractivity contribution < 1.29 is 19.0 Å². The summed E-state index contributed by atoms with van der Waals surface area (Å²) in [6.45, 7) is -0.637. The first-order chi connectivity index (χ1) is 11.2. The van der Waals surface area contributed by atoms with E-state index in [-0.39, 0.29) is 11.3 Å². The van der Waals surface area contributed by atoms with Gasteiger partial charge < -0.3 is 9.84 Å². The number of carbonyl (C=O) groups is 1. The molecule has 3 rings (SSSR count). The zero-order chi connectivity index (χ0) is 16.2. The van der Waals surface area contributed by atoms with Crippen molar-refractivity contribution in [2.45, 2.75) is 31.6 Å². The van der Waals surface area contributed by atoms with Crippen molar-refractivity contribution in [3.05, 3.63) is 59.4 Å². The molecule has 0 saturated heterocycles. The minimum atomic E-state index is -0.637. The first-order valence-corrected chi connectivity index (χ1v) is 7.89. The van der Waals surface area contributed by atoms with Crippen LogP contribution in [0.25, 0.3) is 0 Å². The highest BCUT2D eigenvalue weighted by Crippen LogP contribution is 2.35. The zero-order valence-corrected chi connectivity index (χ0v) is 12.8. The Morgan fingerprint density at radius 3 is 2.43 bits per heavy atom. The van der Waals surface area contributed by atoms with Crippen molar-refractivity contribution in [3.63, 3.8) is 0 Å². The molecule has 2 aromatic carbocycles. The summed E-state index contributed by atoms with van der Waals surface area (Å²) in [6.07, 6.45) is 5.03. The SMILES string of the molecule is O=C(CO)c1ccc(Oc2ccc(C3CCCC3)cc2)c(F)c1. The molecule has 1 saturated carbocycles. The summed E-state index contributed by atoms with van der Waals surface area (Å²) >= 11 is 0. The Morgan fingerprint density at radius 1 is 1.13 bits per heavy atom. The van der Waals surface area contributed by atoms with Crippen LogP contribution in [0.4, 0.5) is 4.39 Å². The number of ketones is 1. The molecule has 0 amide bonds. The molecule has 1 aliphatic carbocycles. The maximum atomic E-state index is 14.0. The van der Waals surface area contributed by atoms with E-state index in [9.17, 15) is 9.18 Å². The van der Waals surface area contributed by atoms with Crippen molar-refractivity contribution in [2.24, 2.45) is 0 Å². The lowest BCUT2D eigenvalue weighted by Gasteiger charge is -2.11. The third-order valence-electron chi connectivity index (χ3n) is 4.33. The van der Waals surface area contributed by atoms with Crippen LogP contribution in [0.5, 0.6) is 11.5 Å². The molecule has 1 N–H and O–H groups in total. The van der Waals surface area contributed by atoms with E-state index >= 15 is 0 Å². The van der Waals surface area contributed by atoms with Crippen LogP contribution in [0.15, 0.2) is 42.5 Å². The number of hydrogen-bond donors (Lipinski definition) is 1. The highest BCUT2D eigenvalue weighted by atomic mass is 19.1. The fraction of sp³-hybridized carbons (Fsp3) is 0.316. The summed E-state index contributed by atoms with van der Waals surface area (Å²) in [5, 5.41) is 8.80. The molecule has 2 aromatic rings.